The van der Waals surface area contributed by atoms with Crippen LogP contribution in [0.5, 0.6) is 5.75 Å². The number of ether oxygens (including phenoxy) is 1. The zero-order chi connectivity index (χ0) is 17.7. The van der Waals surface area contributed by atoms with Crippen molar-refractivity contribution in [1.82, 2.24) is 5.32 Å². The third kappa shape index (κ3) is 2.95. The van der Waals surface area contributed by atoms with Crippen LogP contribution in [0.15, 0.2) is 34.7 Å². The molecule has 26 heavy (non-hydrogen) atoms. The van der Waals surface area contributed by atoms with Crippen molar-refractivity contribution in [2.45, 2.75) is 50.6 Å². The predicted octanol–water partition coefficient (Wildman–Crippen LogP) is 5.67. The van der Waals surface area contributed by atoms with Crippen molar-refractivity contribution < 1.29 is 9.15 Å². The summed E-state index contributed by atoms with van der Waals surface area (Å²) in [7, 11) is 1.63. The van der Waals surface area contributed by atoms with E-state index in [-0.39, 0.29) is 0 Å². The maximum Gasteiger partial charge on any atom is 0.137 e. The van der Waals surface area contributed by atoms with Crippen molar-refractivity contribution in [3.63, 3.8) is 0 Å². The van der Waals surface area contributed by atoms with Gasteiger partial charge in [0, 0.05) is 11.1 Å². The molecule has 138 valence electrons. The summed E-state index contributed by atoms with van der Waals surface area (Å²) in [6.07, 6.45) is 8.51. The number of nitrogens with one attached hydrogen (secondary N) is 1. The quantitative estimate of drug-likeness (QED) is 0.735. The van der Waals surface area contributed by atoms with Gasteiger partial charge in [-0.2, -0.15) is 0 Å². The minimum Gasteiger partial charge on any atom is -0.495 e. The van der Waals surface area contributed by atoms with Crippen molar-refractivity contribution >= 4 is 11.6 Å². The molecule has 0 aliphatic heterocycles. The van der Waals surface area contributed by atoms with Gasteiger partial charge in [0.1, 0.15) is 17.3 Å². The number of hydrogen-bond acceptors (Lipinski definition) is 3. The van der Waals surface area contributed by atoms with Crippen molar-refractivity contribution in [2.75, 3.05) is 7.11 Å². The second kappa shape index (κ2) is 6.31. The van der Waals surface area contributed by atoms with Gasteiger partial charge in [-0.3, -0.25) is 0 Å². The SMILES string of the molecule is COc1ccc(-c2ccc(CNC34CC5CC(CC(C5)C3)C4)o2)cc1Cl. The van der Waals surface area contributed by atoms with Crippen LogP contribution in [0.3, 0.4) is 0 Å². The molecule has 4 saturated carbocycles. The maximum atomic E-state index is 6.24. The average Bonchev–Trinajstić information content (AvgIpc) is 3.08. The molecule has 3 nitrogen and oxygen atoms in total. The van der Waals surface area contributed by atoms with Crippen LogP contribution in [0.2, 0.25) is 5.02 Å². The van der Waals surface area contributed by atoms with E-state index < -0.39 is 0 Å². The number of methoxy groups -OCH3 is 1. The number of hydrogen-bond donors (Lipinski definition) is 1. The molecule has 4 heteroatoms. The van der Waals surface area contributed by atoms with E-state index in [1.807, 2.05) is 24.3 Å². The molecular formula is C22H26ClNO2. The summed E-state index contributed by atoms with van der Waals surface area (Å²) < 4.78 is 11.3. The zero-order valence-electron chi connectivity index (χ0n) is 15.3. The van der Waals surface area contributed by atoms with E-state index >= 15 is 0 Å². The van der Waals surface area contributed by atoms with Gasteiger partial charge in [0.05, 0.1) is 18.7 Å². The first kappa shape index (κ1) is 16.7. The fourth-order valence-corrected chi connectivity index (χ4v) is 6.31. The molecule has 1 aromatic heterocycles. The molecule has 0 radical (unpaired) electrons. The Morgan fingerprint density at radius 2 is 1.77 bits per heavy atom. The Bertz CT molecular complexity index is 777. The van der Waals surface area contributed by atoms with Crippen LogP contribution in [0.1, 0.15) is 44.3 Å². The average molecular weight is 372 g/mol. The summed E-state index contributed by atoms with van der Waals surface area (Å²) in [4.78, 5) is 0. The first-order valence-corrected chi connectivity index (χ1v) is 10.2. The Kier molecular flexibility index (Phi) is 4.06. The third-order valence-corrected chi connectivity index (χ3v) is 7.07. The lowest BCUT2D eigenvalue weighted by Crippen LogP contribution is -2.58. The lowest BCUT2D eigenvalue weighted by atomic mass is 9.53. The molecule has 1 heterocycles. The lowest BCUT2D eigenvalue weighted by molar-refractivity contribution is -0.0213. The molecule has 0 saturated heterocycles. The van der Waals surface area contributed by atoms with Crippen LogP contribution in [0.25, 0.3) is 11.3 Å². The molecule has 2 aromatic rings. The Labute approximate surface area is 160 Å². The molecule has 6 rings (SSSR count). The lowest BCUT2D eigenvalue weighted by Gasteiger charge is -2.57. The first-order valence-electron chi connectivity index (χ1n) is 9.80. The predicted molar refractivity (Wildman–Crippen MR) is 103 cm³/mol. The molecule has 4 bridgehead atoms. The van der Waals surface area contributed by atoms with Gasteiger partial charge in [-0.1, -0.05) is 11.6 Å². The Morgan fingerprint density at radius 1 is 1.08 bits per heavy atom. The maximum absolute atomic E-state index is 6.24. The molecule has 1 aromatic carbocycles. The van der Waals surface area contributed by atoms with Gasteiger partial charge in [0.15, 0.2) is 0 Å². The smallest absolute Gasteiger partial charge is 0.137 e. The van der Waals surface area contributed by atoms with Crippen molar-refractivity contribution in [3.05, 3.63) is 41.1 Å². The van der Waals surface area contributed by atoms with Gasteiger partial charge in [0.25, 0.3) is 0 Å². The molecule has 0 amide bonds. The van der Waals surface area contributed by atoms with Gasteiger partial charge in [-0.05, 0) is 86.6 Å². The summed E-state index contributed by atoms with van der Waals surface area (Å²) in [5.74, 6) is 5.43. The summed E-state index contributed by atoms with van der Waals surface area (Å²) in [5, 5.41) is 4.50. The summed E-state index contributed by atoms with van der Waals surface area (Å²) >= 11 is 6.24. The van der Waals surface area contributed by atoms with E-state index in [1.54, 1.807) is 7.11 Å². The van der Waals surface area contributed by atoms with E-state index in [2.05, 4.69) is 11.4 Å². The first-order chi connectivity index (χ1) is 12.6. The number of rotatable bonds is 5. The molecule has 0 atom stereocenters. The van der Waals surface area contributed by atoms with Gasteiger partial charge < -0.3 is 14.5 Å². The van der Waals surface area contributed by atoms with Crippen LogP contribution in [0, 0.1) is 17.8 Å². The molecule has 4 fully saturated rings. The Morgan fingerprint density at radius 3 is 2.38 bits per heavy atom. The van der Waals surface area contributed by atoms with Crippen LogP contribution in [0.4, 0.5) is 0 Å². The molecular weight excluding hydrogens is 346 g/mol. The highest BCUT2D eigenvalue weighted by Crippen LogP contribution is 2.55. The third-order valence-electron chi connectivity index (χ3n) is 6.77. The normalized spacial score (nSPS) is 32.2. The van der Waals surface area contributed by atoms with Gasteiger partial charge in [-0.25, -0.2) is 0 Å². The van der Waals surface area contributed by atoms with Gasteiger partial charge >= 0.3 is 0 Å². The largest absolute Gasteiger partial charge is 0.495 e. The number of furan rings is 1. The fourth-order valence-electron chi connectivity index (χ4n) is 6.05. The summed E-state index contributed by atoms with van der Waals surface area (Å²) in [6.45, 7) is 0.816. The molecule has 0 spiro atoms. The van der Waals surface area contributed by atoms with Crippen LogP contribution in [-0.4, -0.2) is 12.6 Å². The van der Waals surface area contributed by atoms with Crippen LogP contribution < -0.4 is 10.1 Å². The fraction of sp³-hybridized carbons (Fsp3) is 0.545. The van der Waals surface area contributed by atoms with Crippen LogP contribution in [-0.2, 0) is 6.54 Å². The van der Waals surface area contributed by atoms with E-state index in [0.717, 1.165) is 41.4 Å². The minimum atomic E-state index is 0.366. The molecule has 4 aliphatic rings. The highest BCUT2D eigenvalue weighted by Gasteiger charge is 2.50. The van der Waals surface area contributed by atoms with E-state index in [9.17, 15) is 0 Å². The van der Waals surface area contributed by atoms with Gasteiger partial charge in [0.2, 0.25) is 0 Å². The minimum absolute atomic E-state index is 0.366. The van der Waals surface area contributed by atoms with E-state index in [0.29, 0.717) is 16.3 Å². The zero-order valence-corrected chi connectivity index (χ0v) is 16.0. The van der Waals surface area contributed by atoms with Gasteiger partial charge in [-0.15, -0.1) is 0 Å². The number of halogens is 1. The van der Waals surface area contributed by atoms with Crippen molar-refractivity contribution in [2.24, 2.45) is 17.8 Å². The topological polar surface area (TPSA) is 34.4 Å². The molecule has 0 unspecified atom stereocenters. The molecule has 1 N–H and O–H groups in total. The summed E-state index contributed by atoms with van der Waals surface area (Å²) in [6, 6.07) is 9.89. The highest BCUT2D eigenvalue weighted by atomic mass is 35.5. The Hall–Kier alpha value is -1.45. The standard InChI is InChI=1S/C22H26ClNO2/c1-25-21-4-2-17(9-19(21)23)20-5-3-18(26-20)13-24-22-10-14-6-15(11-22)8-16(7-14)12-22/h2-5,9,14-16,24H,6-8,10-13H2,1H3. The van der Waals surface area contributed by atoms with Crippen LogP contribution >= 0.6 is 11.6 Å². The number of benzene rings is 1. The van der Waals surface area contributed by atoms with E-state index in [1.165, 1.54) is 38.5 Å². The second-order valence-corrected chi connectivity index (χ2v) is 9.07. The second-order valence-electron chi connectivity index (χ2n) is 8.67. The van der Waals surface area contributed by atoms with Crippen molar-refractivity contribution in [1.29, 1.82) is 0 Å². The summed E-state index contributed by atoms with van der Waals surface area (Å²) in [5.41, 5.74) is 1.35. The Balaban J connectivity index is 1.28. The monoisotopic (exact) mass is 371 g/mol. The van der Waals surface area contributed by atoms with E-state index in [4.69, 9.17) is 20.8 Å². The molecule has 4 aliphatic carbocycles. The highest BCUT2D eigenvalue weighted by molar-refractivity contribution is 6.32. The van der Waals surface area contributed by atoms with Crippen molar-refractivity contribution in [3.8, 4) is 17.1 Å².